The van der Waals surface area contributed by atoms with Gasteiger partial charge in [0.05, 0.1) is 23.7 Å². The summed E-state index contributed by atoms with van der Waals surface area (Å²) in [7, 11) is 0. The number of H-pyrrole nitrogens is 1. The monoisotopic (exact) mass is 380 g/mol. The van der Waals surface area contributed by atoms with Crippen molar-refractivity contribution in [3.05, 3.63) is 52.9 Å². The normalized spacial score (nSPS) is 11.4. The maximum absolute atomic E-state index is 12.6. The van der Waals surface area contributed by atoms with Crippen molar-refractivity contribution in [1.29, 1.82) is 0 Å². The van der Waals surface area contributed by atoms with Gasteiger partial charge < -0.3 is 9.47 Å². The molecule has 27 heavy (non-hydrogen) atoms. The van der Waals surface area contributed by atoms with Crippen LogP contribution in [0, 0.1) is 0 Å². The summed E-state index contributed by atoms with van der Waals surface area (Å²) in [6, 6.07) is 8.61. The predicted molar refractivity (Wildman–Crippen MR) is 90.1 cm³/mol. The number of alkyl halides is 3. The highest BCUT2D eigenvalue weighted by Crippen LogP contribution is 2.22. The van der Waals surface area contributed by atoms with E-state index in [2.05, 4.69) is 19.9 Å². The Kier molecular flexibility index (Phi) is 5.15. The van der Waals surface area contributed by atoms with Crippen LogP contribution in [-0.4, -0.2) is 39.1 Å². The van der Waals surface area contributed by atoms with E-state index in [1.54, 1.807) is 13.0 Å². The minimum absolute atomic E-state index is 0.0316. The number of aromatic amines is 1. The highest BCUT2D eigenvalue weighted by atomic mass is 19.4. The van der Waals surface area contributed by atoms with Gasteiger partial charge in [-0.1, -0.05) is 0 Å². The lowest BCUT2D eigenvalue weighted by Gasteiger charge is -2.14. The van der Waals surface area contributed by atoms with Gasteiger partial charge in [-0.3, -0.25) is 9.89 Å². The number of halogens is 3. The summed E-state index contributed by atoms with van der Waals surface area (Å²) in [6.45, 7) is 0.621. The Hall–Kier alpha value is -3.30. The Bertz CT molecular complexity index is 951. The number of aromatic nitrogens is 4. The van der Waals surface area contributed by atoms with Gasteiger partial charge in [0.2, 0.25) is 0 Å². The van der Waals surface area contributed by atoms with E-state index >= 15 is 0 Å². The van der Waals surface area contributed by atoms with Crippen LogP contribution in [0.25, 0.3) is 17.1 Å². The summed E-state index contributed by atoms with van der Waals surface area (Å²) in [5, 5.41) is 6.54. The molecule has 0 radical (unpaired) electrons. The topological polar surface area (TPSA) is 82.0 Å². The summed E-state index contributed by atoms with van der Waals surface area (Å²) in [5.41, 5.74) is 0.881. The van der Waals surface area contributed by atoms with E-state index in [1.807, 2.05) is 0 Å². The molecule has 0 amide bonds. The van der Waals surface area contributed by atoms with Crippen molar-refractivity contribution in [2.45, 2.75) is 13.1 Å². The number of benzene rings is 1. The molecule has 0 aliphatic carbocycles. The summed E-state index contributed by atoms with van der Waals surface area (Å²) < 4.78 is 48.0. The quantitative estimate of drug-likeness (QED) is 0.711. The van der Waals surface area contributed by atoms with Gasteiger partial charge in [-0.05, 0) is 37.3 Å². The molecule has 0 aliphatic heterocycles. The Morgan fingerprint density at radius 3 is 2.48 bits per heavy atom. The lowest BCUT2D eigenvalue weighted by Crippen LogP contribution is -2.22. The van der Waals surface area contributed by atoms with Crippen LogP contribution < -0.4 is 15.0 Å². The van der Waals surface area contributed by atoms with E-state index in [-0.39, 0.29) is 18.4 Å². The largest absolute Gasteiger partial charge is 0.484 e. The van der Waals surface area contributed by atoms with Crippen LogP contribution in [0.15, 0.2) is 47.4 Å². The van der Waals surface area contributed by atoms with Gasteiger partial charge in [0.1, 0.15) is 5.75 Å². The molecule has 1 N–H and O–H groups in total. The number of hydrogen-bond donors (Lipinski definition) is 1. The maximum Gasteiger partial charge on any atom is 0.422 e. The molecule has 1 aromatic carbocycles. The summed E-state index contributed by atoms with van der Waals surface area (Å²) in [6.07, 6.45) is -2.90. The lowest BCUT2D eigenvalue weighted by atomic mass is 10.2. The van der Waals surface area contributed by atoms with Gasteiger partial charge in [-0.15, -0.1) is 0 Å². The first kappa shape index (κ1) is 18.5. The van der Waals surface area contributed by atoms with Gasteiger partial charge >= 0.3 is 12.2 Å². The highest BCUT2D eigenvalue weighted by Gasteiger charge is 2.28. The van der Waals surface area contributed by atoms with Crippen molar-refractivity contribution in [2.24, 2.45) is 0 Å². The van der Waals surface area contributed by atoms with Crippen molar-refractivity contribution in [1.82, 2.24) is 19.7 Å². The van der Waals surface area contributed by atoms with Crippen LogP contribution in [0.4, 0.5) is 13.2 Å². The van der Waals surface area contributed by atoms with E-state index in [1.165, 1.54) is 41.1 Å². The molecule has 0 saturated heterocycles. The fourth-order valence-corrected chi connectivity index (χ4v) is 2.32. The molecule has 2 aromatic heterocycles. The van der Waals surface area contributed by atoms with Gasteiger partial charge in [0.25, 0.3) is 5.56 Å². The zero-order valence-electron chi connectivity index (χ0n) is 14.2. The second-order valence-electron chi connectivity index (χ2n) is 5.40. The molecule has 142 valence electrons. The van der Waals surface area contributed by atoms with Crippen LogP contribution in [0.1, 0.15) is 6.92 Å². The maximum atomic E-state index is 12.6. The number of nitrogens with one attached hydrogen (secondary N) is 1. The van der Waals surface area contributed by atoms with E-state index in [4.69, 9.17) is 4.74 Å². The smallest absolute Gasteiger partial charge is 0.422 e. The van der Waals surface area contributed by atoms with Gasteiger partial charge in [-0.25, -0.2) is 4.57 Å². The first-order valence-corrected chi connectivity index (χ1v) is 7.94. The summed E-state index contributed by atoms with van der Waals surface area (Å²) >= 11 is 0. The fraction of sp³-hybridized carbons (Fsp3) is 0.235. The van der Waals surface area contributed by atoms with Gasteiger partial charge in [0.15, 0.2) is 6.61 Å². The standard InChI is InChI=1S/C17H15F3N4O3/c1-2-26-16-22-14(13-7-8-21-23-13)9-15(25)24(16)11-3-5-12(6-4-11)27-10-17(18,19)20/h3-9H,2,10H2,1H3,(H,21,23). The zero-order chi connectivity index (χ0) is 19.4. The van der Waals surface area contributed by atoms with Crippen LogP contribution in [0.2, 0.25) is 0 Å². The van der Waals surface area contributed by atoms with Crippen molar-refractivity contribution in [3.63, 3.8) is 0 Å². The number of rotatable bonds is 6. The molecule has 0 atom stereocenters. The van der Waals surface area contributed by atoms with Crippen molar-refractivity contribution >= 4 is 0 Å². The molecule has 3 rings (SSSR count). The summed E-state index contributed by atoms with van der Waals surface area (Å²) in [5.74, 6) is 0.0316. The predicted octanol–water partition coefficient (Wildman–Crippen LogP) is 2.96. The zero-order valence-corrected chi connectivity index (χ0v) is 14.2. The van der Waals surface area contributed by atoms with Crippen LogP contribution in [0.3, 0.4) is 0 Å². The molecule has 0 aliphatic rings. The average molecular weight is 380 g/mol. The van der Waals surface area contributed by atoms with E-state index in [0.29, 0.717) is 17.1 Å². The van der Waals surface area contributed by atoms with Crippen LogP contribution >= 0.6 is 0 Å². The Labute approximate surface area is 151 Å². The molecule has 2 heterocycles. The van der Waals surface area contributed by atoms with E-state index in [9.17, 15) is 18.0 Å². The molecular formula is C17H15F3N4O3. The SMILES string of the molecule is CCOc1nc(-c2ccn[nH]2)cc(=O)n1-c1ccc(OCC(F)(F)F)cc1. The molecule has 0 fully saturated rings. The third-order valence-electron chi connectivity index (χ3n) is 3.44. The van der Waals surface area contributed by atoms with Gasteiger partial charge in [-0.2, -0.15) is 23.3 Å². The molecule has 7 nitrogen and oxygen atoms in total. The van der Waals surface area contributed by atoms with Crippen LogP contribution in [-0.2, 0) is 0 Å². The molecule has 3 aromatic rings. The molecule has 0 spiro atoms. The number of nitrogens with zero attached hydrogens (tertiary/aromatic N) is 3. The molecule has 0 bridgehead atoms. The third-order valence-corrected chi connectivity index (χ3v) is 3.44. The molecular weight excluding hydrogens is 365 g/mol. The fourth-order valence-electron chi connectivity index (χ4n) is 2.32. The number of hydrogen-bond acceptors (Lipinski definition) is 5. The molecule has 0 unspecified atom stereocenters. The Balaban J connectivity index is 1.94. The van der Waals surface area contributed by atoms with E-state index < -0.39 is 18.3 Å². The molecule has 0 saturated carbocycles. The Morgan fingerprint density at radius 2 is 1.89 bits per heavy atom. The highest BCUT2D eigenvalue weighted by molar-refractivity contribution is 5.54. The minimum atomic E-state index is -4.43. The summed E-state index contributed by atoms with van der Waals surface area (Å²) in [4.78, 5) is 16.9. The van der Waals surface area contributed by atoms with E-state index in [0.717, 1.165) is 0 Å². The first-order chi connectivity index (χ1) is 12.9. The van der Waals surface area contributed by atoms with Crippen molar-refractivity contribution < 1.29 is 22.6 Å². The first-order valence-electron chi connectivity index (χ1n) is 7.94. The number of ether oxygens (including phenoxy) is 2. The van der Waals surface area contributed by atoms with Crippen LogP contribution in [0.5, 0.6) is 11.8 Å². The second-order valence-corrected chi connectivity index (χ2v) is 5.40. The lowest BCUT2D eigenvalue weighted by molar-refractivity contribution is -0.153. The minimum Gasteiger partial charge on any atom is -0.484 e. The average Bonchev–Trinajstić information content (AvgIpc) is 3.15. The van der Waals surface area contributed by atoms with Gasteiger partial charge in [0, 0.05) is 12.3 Å². The van der Waals surface area contributed by atoms with Crippen molar-refractivity contribution in [3.8, 4) is 28.8 Å². The second kappa shape index (κ2) is 7.52. The Morgan fingerprint density at radius 1 is 1.15 bits per heavy atom. The third kappa shape index (κ3) is 4.46. The molecule has 10 heteroatoms. The van der Waals surface area contributed by atoms with Crippen molar-refractivity contribution in [2.75, 3.05) is 13.2 Å².